The molecule has 1 N–H and O–H groups in total. The molecule has 170 valence electrons. The summed E-state index contributed by atoms with van der Waals surface area (Å²) in [5, 5.41) is 27.6. The van der Waals surface area contributed by atoms with E-state index < -0.39 is 0 Å². The number of aliphatic hydroxyl groups is 1. The van der Waals surface area contributed by atoms with Gasteiger partial charge >= 0.3 is 0 Å². The predicted octanol–water partition coefficient (Wildman–Crippen LogP) is 2.74. The third-order valence-corrected chi connectivity index (χ3v) is 6.83. The highest BCUT2D eigenvalue weighted by atomic mass is 16.3. The Hall–Kier alpha value is -3.31. The summed E-state index contributed by atoms with van der Waals surface area (Å²) < 4.78 is 0. The van der Waals surface area contributed by atoms with E-state index in [1.54, 1.807) is 12.3 Å². The number of aromatic nitrogens is 3. The van der Waals surface area contributed by atoms with Gasteiger partial charge in [0.05, 0.1) is 35.8 Å². The second kappa shape index (κ2) is 8.91. The Bertz CT molecular complexity index is 1120. The zero-order valence-corrected chi connectivity index (χ0v) is 18.7. The van der Waals surface area contributed by atoms with Crippen LogP contribution in [-0.4, -0.2) is 63.4 Å². The molecule has 3 fully saturated rings. The normalized spacial score (nSPS) is 20.4. The third-order valence-electron chi connectivity index (χ3n) is 6.83. The van der Waals surface area contributed by atoms with Gasteiger partial charge in [-0.05, 0) is 49.3 Å². The first kappa shape index (κ1) is 21.5. The molecule has 2 aromatic rings. The molecule has 33 heavy (non-hydrogen) atoms. The maximum atomic E-state index is 12.6. The fourth-order valence-corrected chi connectivity index (χ4v) is 4.77. The van der Waals surface area contributed by atoms with Crippen molar-refractivity contribution in [3.8, 4) is 17.3 Å². The van der Waals surface area contributed by atoms with Gasteiger partial charge in [-0.3, -0.25) is 4.79 Å². The number of amides is 1. The van der Waals surface area contributed by atoms with Gasteiger partial charge in [-0.1, -0.05) is 12.7 Å². The second-order valence-corrected chi connectivity index (χ2v) is 9.17. The zero-order valence-electron chi connectivity index (χ0n) is 18.7. The third kappa shape index (κ3) is 4.33. The van der Waals surface area contributed by atoms with E-state index in [9.17, 15) is 15.2 Å². The average Bonchev–Trinajstić information content (AvgIpc) is 3.76. The summed E-state index contributed by atoms with van der Waals surface area (Å²) in [4.78, 5) is 21.7. The predicted molar refractivity (Wildman–Crippen MR) is 124 cm³/mol. The van der Waals surface area contributed by atoms with E-state index in [0.717, 1.165) is 42.5 Å². The molecule has 3 aliphatic rings. The highest BCUT2D eigenvalue weighted by Crippen LogP contribution is 2.45. The first-order valence-electron chi connectivity index (χ1n) is 11.7. The Morgan fingerprint density at radius 2 is 2.09 bits per heavy atom. The van der Waals surface area contributed by atoms with E-state index in [-0.39, 0.29) is 25.0 Å². The smallest absolute Gasteiger partial charge is 0.225 e. The van der Waals surface area contributed by atoms with Gasteiger partial charge < -0.3 is 14.9 Å². The van der Waals surface area contributed by atoms with Gasteiger partial charge in [0.25, 0.3) is 0 Å². The van der Waals surface area contributed by atoms with Crippen LogP contribution in [0.4, 0.5) is 5.82 Å². The number of nitriles is 1. The first-order chi connectivity index (χ1) is 16.1. The summed E-state index contributed by atoms with van der Waals surface area (Å²) in [7, 11) is 0. The lowest BCUT2D eigenvalue weighted by Crippen LogP contribution is -2.56. The molecule has 0 unspecified atom stereocenters. The Morgan fingerprint density at radius 3 is 2.76 bits per heavy atom. The number of carbonyl (C=O) groups excluding carboxylic acids is 1. The van der Waals surface area contributed by atoms with E-state index in [1.807, 2.05) is 17.0 Å². The second-order valence-electron chi connectivity index (χ2n) is 9.17. The minimum Gasteiger partial charge on any atom is -0.396 e. The first-order valence-corrected chi connectivity index (χ1v) is 11.7. The van der Waals surface area contributed by atoms with E-state index in [2.05, 4.69) is 27.7 Å². The summed E-state index contributed by atoms with van der Waals surface area (Å²) in [6.45, 7) is 5.56. The van der Waals surface area contributed by atoms with Crippen LogP contribution in [0, 0.1) is 17.2 Å². The van der Waals surface area contributed by atoms with E-state index in [4.69, 9.17) is 4.98 Å². The van der Waals surface area contributed by atoms with Crippen LogP contribution < -0.4 is 4.90 Å². The number of piperazine rings is 1. The Balaban J connectivity index is 1.50. The lowest BCUT2D eigenvalue weighted by atomic mass is 10.0. The molecule has 8 heteroatoms. The van der Waals surface area contributed by atoms with Crippen molar-refractivity contribution in [1.82, 2.24) is 20.1 Å². The molecule has 2 saturated carbocycles. The number of carbonyl (C=O) groups is 1. The van der Waals surface area contributed by atoms with Crippen molar-refractivity contribution in [3.05, 3.63) is 41.7 Å². The topological polar surface area (TPSA) is 106 Å². The van der Waals surface area contributed by atoms with Gasteiger partial charge in [0, 0.05) is 37.5 Å². The molecule has 5 rings (SSSR count). The van der Waals surface area contributed by atoms with Crippen molar-refractivity contribution in [2.24, 2.45) is 5.92 Å². The highest BCUT2D eigenvalue weighted by molar-refractivity contribution is 5.77. The maximum Gasteiger partial charge on any atom is 0.225 e. The standard InChI is InChI=1S/C25H28N6O2/c1-2-16-11-21(29-27-14-16)20-12-19(13-26)25(28-24(20)18-5-6-18)30-8-9-31(23(33)7-10-32)22(15-30)17-3-4-17/h2,11-12,14,17-18,22,32H,1,3-10,15H2/t22-/m0/s1. The van der Waals surface area contributed by atoms with Crippen LogP contribution in [0.5, 0.6) is 0 Å². The van der Waals surface area contributed by atoms with Crippen molar-refractivity contribution in [2.45, 2.75) is 44.1 Å². The number of aliphatic hydroxyl groups excluding tert-OH is 1. The van der Waals surface area contributed by atoms with Crippen LogP contribution in [0.3, 0.4) is 0 Å². The van der Waals surface area contributed by atoms with Crippen molar-refractivity contribution in [2.75, 3.05) is 31.1 Å². The Labute approximate surface area is 193 Å². The molecule has 0 spiro atoms. The Kier molecular flexibility index (Phi) is 5.81. The average molecular weight is 445 g/mol. The van der Waals surface area contributed by atoms with Crippen molar-refractivity contribution >= 4 is 17.8 Å². The van der Waals surface area contributed by atoms with E-state index in [1.165, 1.54) is 0 Å². The zero-order chi connectivity index (χ0) is 22.9. The number of anilines is 1. The SMILES string of the molecule is C=Cc1cnnc(-c2cc(C#N)c(N3CCN(C(=O)CCO)[C@H](C4CC4)C3)nc2C2CC2)c1. The quantitative estimate of drug-likeness (QED) is 0.700. The van der Waals surface area contributed by atoms with Gasteiger partial charge in [-0.2, -0.15) is 15.5 Å². The van der Waals surface area contributed by atoms with Crippen LogP contribution in [0.1, 0.15) is 54.8 Å². The lowest BCUT2D eigenvalue weighted by Gasteiger charge is -2.42. The molecule has 2 aliphatic carbocycles. The minimum atomic E-state index is -0.126. The number of pyridine rings is 1. The van der Waals surface area contributed by atoms with Crippen LogP contribution in [0.2, 0.25) is 0 Å². The lowest BCUT2D eigenvalue weighted by molar-refractivity contribution is -0.135. The van der Waals surface area contributed by atoms with Crippen LogP contribution >= 0.6 is 0 Å². The van der Waals surface area contributed by atoms with Gasteiger partial charge in [0.2, 0.25) is 5.91 Å². The van der Waals surface area contributed by atoms with Gasteiger partial charge in [0.1, 0.15) is 11.9 Å². The summed E-state index contributed by atoms with van der Waals surface area (Å²) in [6, 6.07) is 6.28. The number of rotatable bonds is 7. The van der Waals surface area contributed by atoms with Crippen molar-refractivity contribution in [3.63, 3.8) is 0 Å². The van der Waals surface area contributed by atoms with Crippen LogP contribution in [0.25, 0.3) is 17.3 Å². The largest absolute Gasteiger partial charge is 0.396 e. The molecular formula is C25H28N6O2. The fraction of sp³-hybridized carbons (Fsp3) is 0.480. The number of nitrogens with zero attached hydrogens (tertiary/aromatic N) is 6. The van der Waals surface area contributed by atoms with Crippen molar-refractivity contribution in [1.29, 1.82) is 5.26 Å². The molecule has 1 amide bonds. The van der Waals surface area contributed by atoms with Crippen LogP contribution in [-0.2, 0) is 4.79 Å². The van der Waals surface area contributed by atoms with Gasteiger partial charge in [-0.15, -0.1) is 0 Å². The summed E-state index contributed by atoms with van der Waals surface area (Å²) in [5.74, 6) is 1.57. The summed E-state index contributed by atoms with van der Waals surface area (Å²) >= 11 is 0. The summed E-state index contributed by atoms with van der Waals surface area (Å²) in [5.41, 5.74) is 3.94. The minimum absolute atomic E-state index is 0.0113. The number of hydrogen-bond acceptors (Lipinski definition) is 7. The molecule has 1 saturated heterocycles. The van der Waals surface area contributed by atoms with E-state index >= 15 is 0 Å². The van der Waals surface area contributed by atoms with Gasteiger partial charge in [0.15, 0.2) is 0 Å². The highest BCUT2D eigenvalue weighted by Gasteiger charge is 2.41. The molecule has 1 atom stereocenters. The number of hydrogen-bond donors (Lipinski definition) is 1. The molecule has 1 aliphatic heterocycles. The molecule has 0 aromatic carbocycles. The monoisotopic (exact) mass is 444 g/mol. The van der Waals surface area contributed by atoms with Gasteiger partial charge in [-0.25, -0.2) is 4.98 Å². The molecule has 3 heterocycles. The van der Waals surface area contributed by atoms with Crippen LogP contribution in [0.15, 0.2) is 24.9 Å². The molecule has 2 aromatic heterocycles. The fourth-order valence-electron chi connectivity index (χ4n) is 4.77. The van der Waals surface area contributed by atoms with Crippen molar-refractivity contribution < 1.29 is 9.90 Å². The molecule has 0 bridgehead atoms. The molecule has 0 radical (unpaired) electrons. The summed E-state index contributed by atoms with van der Waals surface area (Å²) in [6.07, 6.45) is 7.95. The Morgan fingerprint density at radius 1 is 1.27 bits per heavy atom. The van der Waals surface area contributed by atoms with E-state index in [0.29, 0.717) is 48.5 Å². The maximum absolute atomic E-state index is 12.6. The molecule has 8 nitrogen and oxygen atoms in total. The molecular weight excluding hydrogens is 416 g/mol.